The second-order valence-corrected chi connectivity index (χ2v) is 6.98. The summed E-state index contributed by atoms with van der Waals surface area (Å²) in [6.07, 6.45) is 0. The molecular formula is C19H18Cl2N2O2. The van der Waals surface area contributed by atoms with E-state index < -0.39 is 6.04 Å². The first kappa shape index (κ1) is 17.8. The maximum atomic E-state index is 12.8. The van der Waals surface area contributed by atoms with Gasteiger partial charge in [-0.2, -0.15) is 0 Å². The topological polar surface area (TPSA) is 40.6 Å². The smallest absolute Gasteiger partial charge is 0.254 e. The predicted molar refractivity (Wildman–Crippen MR) is 100 cm³/mol. The van der Waals surface area contributed by atoms with E-state index in [1.807, 2.05) is 19.1 Å². The van der Waals surface area contributed by atoms with Gasteiger partial charge in [-0.25, -0.2) is 0 Å². The van der Waals surface area contributed by atoms with E-state index in [9.17, 15) is 9.59 Å². The van der Waals surface area contributed by atoms with Crippen molar-refractivity contribution in [3.8, 4) is 0 Å². The maximum absolute atomic E-state index is 12.8. The Balaban J connectivity index is 1.83. The molecule has 0 saturated carbocycles. The number of piperazine rings is 1. The van der Waals surface area contributed by atoms with Crippen molar-refractivity contribution in [1.82, 2.24) is 4.90 Å². The largest absolute Gasteiger partial charge is 0.325 e. The summed E-state index contributed by atoms with van der Waals surface area (Å²) in [5.41, 5.74) is 2.25. The fraction of sp³-hybridized carbons (Fsp3) is 0.263. The van der Waals surface area contributed by atoms with Crippen LogP contribution >= 0.6 is 23.2 Å². The Kier molecular flexibility index (Phi) is 5.02. The number of aryl methyl sites for hydroxylation is 1. The quantitative estimate of drug-likeness (QED) is 0.788. The number of carbonyl (C=O) groups excluding carboxylic acids is 2. The molecule has 1 atom stereocenters. The van der Waals surface area contributed by atoms with Gasteiger partial charge in [0.2, 0.25) is 5.91 Å². The SMILES string of the molecule is Cc1cc(Cl)ccc1N1CCN(C(=O)c2cccc(Cl)c2)[C@@H](C)C1=O. The van der Waals surface area contributed by atoms with Gasteiger partial charge >= 0.3 is 0 Å². The average molecular weight is 377 g/mol. The van der Waals surface area contributed by atoms with Gasteiger partial charge in [-0.3, -0.25) is 9.59 Å². The zero-order valence-electron chi connectivity index (χ0n) is 14.0. The summed E-state index contributed by atoms with van der Waals surface area (Å²) < 4.78 is 0. The van der Waals surface area contributed by atoms with Gasteiger partial charge in [0.1, 0.15) is 6.04 Å². The lowest BCUT2D eigenvalue weighted by atomic mass is 10.1. The molecule has 1 fully saturated rings. The Hall–Kier alpha value is -2.04. The highest BCUT2D eigenvalue weighted by Gasteiger charge is 2.35. The van der Waals surface area contributed by atoms with Crippen LogP contribution in [-0.4, -0.2) is 35.8 Å². The molecule has 0 aliphatic carbocycles. The van der Waals surface area contributed by atoms with Crippen molar-refractivity contribution in [1.29, 1.82) is 0 Å². The molecular weight excluding hydrogens is 359 g/mol. The summed E-state index contributed by atoms with van der Waals surface area (Å²) in [6, 6.07) is 11.7. The second kappa shape index (κ2) is 7.06. The standard InChI is InChI=1S/C19H18Cl2N2O2/c1-12-10-16(21)6-7-17(12)23-9-8-22(13(2)18(23)24)19(25)14-4-3-5-15(20)11-14/h3-7,10-11,13H,8-9H2,1-2H3/t13-/m0/s1. The second-order valence-electron chi connectivity index (χ2n) is 6.11. The van der Waals surface area contributed by atoms with Crippen molar-refractivity contribution in [3.63, 3.8) is 0 Å². The van der Waals surface area contributed by atoms with Gasteiger partial charge < -0.3 is 9.80 Å². The van der Waals surface area contributed by atoms with E-state index in [1.54, 1.807) is 47.1 Å². The number of hydrogen-bond donors (Lipinski definition) is 0. The average Bonchev–Trinajstić information content (AvgIpc) is 2.57. The van der Waals surface area contributed by atoms with Crippen LogP contribution in [0, 0.1) is 6.92 Å². The minimum atomic E-state index is -0.546. The summed E-state index contributed by atoms with van der Waals surface area (Å²) in [5, 5.41) is 1.14. The van der Waals surface area contributed by atoms with Crippen LogP contribution in [0.5, 0.6) is 0 Å². The minimum absolute atomic E-state index is 0.105. The fourth-order valence-electron chi connectivity index (χ4n) is 3.10. The first-order valence-electron chi connectivity index (χ1n) is 8.02. The molecule has 0 N–H and O–H groups in total. The molecule has 2 aromatic carbocycles. The number of rotatable bonds is 2. The van der Waals surface area contributed by atoms with Crippen molar-refractivity contribution < 1.29 is 9.59 Å². The van der Waals surface area contributed by atoms with E-state index >= 15 is 0 Å². The lowest BCUT2D eigenvalue weighted by Crippen LogP contribution is -2.57. The highest BCUT2D eigenvalue weighted by atomic mass is 35.5. The lowest BCUT2D eigenvalue weighted by molar-refractivity contribution is -0.124. The van der Waals surface area contributed by atoms with Crippen molar-refractivity contribution in [3.05, 3.63) is 63.6 Å². The molecule has 2 aromatic rings. The number of carbonyl (C=O) groups is 2. The number of benzene rings is 2. The normalized spacial score (nSPS) is 17.8. The van der Waals surface area contributed by atoms with Gasteiger partial charge in [0, 0.05) is 34.4 Å². The van der Waals surface area contributed by atoms with Gasteiger partial charge in [0.25, 0.3) is 5.91 Å². The van der Waals surface area contributed by atoms with Crippen LogP contribution in [0.4, 0.5) is 5.69 Å². The fourth-order valence-corrected chi connectivity index (χ4v) is 3.51. The summed E-state index contributed by atoms with van der Waals surface area (Å²) >= 11 is 12.0. The first-order chi connectivity index (χ1) is 11.9. The maximum Gasteiger partial charge on any atom is 0.254 e. The zero-order chi connectivity index (χ0) is 18.1. The van der Waals surface area contributed by atoms with E-state index in [2.05, 4.69) is 0 Å². The van der Waals surface area contributed by atoms with Crippen LogP contribution in [-0.2, 0) is 4.79 Å². The molecule has 0 unspecified atom stereocenters. The summed E-state index contributed by atoms with van der Waals surface area (Å²) in [7, 11) is 0. The molecule has 0 radical (unpaired) electrons. The van der Waals surface area contributed by atoms with E-state index in [0.29, 0.717) is 28.7 Å². The highest BCUT2D eigenvalue weighted by Crippen LogP contribution is 2.27. The van der Waals surface area contributed by atoms with Gasteiger partial charge in [0.15, 0.2) is 0 Å². The van der Waals surface area contributed by atoms with Gasteiger partial charge in [-0.1, -0.05) is 29.3 Å². The van der Waals surface area contributed by atoms with Crippen LogP contribution in [0.2, 0.25) is 10.0 Å². The Morgan fingerprint density at radius 2 is 1.80 bits per heavy atom. The van der Waals surface area contributed by atoms with Gasteiger partial charge in [-0.05, 0) is 55.8 Å². The Morgan fingerprint density at radius 3 is 2.48 bits per heavy atom. The number of halogens is 2. The van der Waals surface area contributed by atoms with E-state index in [0.717, 1.165) is 11.3 Å². The third kappa shape index (κ3) is 3.51. The molecule has 1 aliphatic rings. The van der Waals surface area contributed by atoms with Crippen molar-refractivity contribution in [2.45, 2.75) is 19.9 Å². The van der Waals surface area contributed by atoms with Crippen LogP contribution < -0.4 is 4.90 Å². The molecule has 1 saturated heterocycles. The van der Waals surface area contributed by atoms with Crippen molar-refractivity contribution in [2.24, 2.45) is 0 Å². The van der Waals surface area contributed by atoms with Gasteiger partial charge in [0.05, 0.1) is 0 Å². The molecule has 1 heterocycles. The number of nitrogens with zero attached hydrogens (tertiary/aromatic N) is 2. The molecule has 6 heteroatoms. The molecule has 2 amide bonds. The molecule has 0 spiro atoms. The number of hydrogen-bond acceptors (Lipinski definition) is 2. The van der Waals surface area contributed by atoms with E-state index in [-0.39, 0.29) is 11.8 Å². The summed E-state index contributed by atoms with van der Waals surface area (Å²) in [5.74, 6) is -0.289. The molecule has 3 rings (SSSR count). The Bertz CT molecular complexity index is 838. The summed E-state index contributed by atoms with van der Waals surface area (Å²) in [6.45, 7) is 4.57. The minimum Gasteiger partial charge on any atom is -0.325 e. The van der Waals surface area contributed by atoms with Crippen LogP contribution in [0.1, 0.15) is 22.8 Å². The zero-order valence-corrected chi connectivity index (χ0v) is 15.5. The molecule has 4 nitrogen and oxygen atoms in total. The molecule has 0 aromatic heterocycles. The molecule has 0 bridgehead atoms. The molecule has 25 heavy (non-hydrogen) atoms. The predicted octanol–water partition coefficient (Wildman–Crippen LogP) is 4.18. The molecule has 1 aliphatic heterocycles. The van der Waals surface area contributed by atoms with E-state index in [1.165, 1.54) is 0 Å². The Labute approximate surface area is 156 Å². The number of anilines is 1. The Morgan fingerprint density at radius 1 is 1.08 bits per heavy atom. The van der Waals surface area contributed by atoms with Crippen LogP contribution in [0.15, 0.2) is 42.5 Å². The van der Waals surface area contributed by atoms with Crippen LogP contribution in [0.25, 0.3) is 0 Å². The van der Waals surface area contributed by atoms with E-state index in [4.69, 9.17) is 23.2 Å². The third-order valence-corrected chi connectivity index (χ3v) is 4.91. The first-order valence-corrected chi connectivity index (χ1v) is 8.78. The highest BCUT2D eigenvalue weighted by molar-refractivity contribution is 6.31. The van der Waals surface area contributed by atoms with Gasteiger partial charge in [-0.15, -0.1) is 0 Å². The third-order valence-electron chi connectivity index (χ3n) is 4.44. The summed E-state index contributed by atoms with van der Waals surface area (Å²) in [4.78, 5) is 28.9. The van der Waals surface area contributed by atoms with Crippen molar-refractivity contribution in [2.75, 3.05) is 18.0 Å². The van der Waals surface area contributed by atoms with Crippen molar-refractivity contribution >= 4 is 40.7 Å². The molecule has 130 valence electrons. The van der Waals surface area contributed by atoms with Crippen LogP contribution in [0.3, 0.4) is 0 Å². The monoisotopic (exact) mass is 376 g/mol. The lowest BCUT2D eigenvalue weighted by Gasteiger charge is -2.39. The number of amides is 2.